The Hall–Kier alpha value is -1.76. The van der Waals surface area contributed by atoms with Gasteiger partial charge in [0, 0.05) is 0 Å². The second-order valence-corrected chi connectivity index (χ2v) is 11.9. The number of ether oxygens (including phenoxy) is 1. The Morgan fingerprint density at radius 3 is 1.33 bits per heavy atom. The quantitative estimate of drug-likeness (QED) is 0.109. The van der Waals surface area contributed by atoms with Crippen LogP contribution in [0.25, 0.3) is 0 Å². The van der Waals surface area contributed by atoms with Crippen molar-refractivity contribution in [3.63, 3.8) is 0 Å². The minimum atomic E-state index is 0.949. The molecule has 0 heterocycles. The van der Waals surface area contributed by atoms with E-state index in [9.17, 15) is 0 Å². The molecule has 2 aromatic carbocycles. The summed E-state index contributed by atoms with van der Waals surface area (Å²) in [6, 6.07) is 17.1. The van der Waals surface area contributed by atoms with Crippen molar-refractivity contribution in [1.29, 1.82) is 0 Å². The van der Waals surface area contributed by atoms with Gasteiger partial charge in [-0.1, -0.05) is 173 Å². The maximum atomic E-state index is 6.41. The molecule has 0 aliphatic heterocycles. The lowest BCUT2D eigenvalue weighted by atomic mass is 9.95. The zero-order valence-corrected chi connectivity index (χ0v) is 26.0. The number of aryl methyl sites for hydroxylation is 1. The summed E-state index contributed by atoms with van der Waals surface area (Å²) in [5.41, 5.74) is 2.98. The summed E-state index contributed by atoms with van der Waals surface area (Å²) in [6.07, 6.45) is 33.1. The van der Waals surface area contributed by atoms with Gasteiger partial charge in [0.25, 0.3) is 0 Å². The lowest BCUT2D eigenvalue weighted by Crippen LogP contribution is -1.99. The van der Waals surface area contributed by atoms with Gasteiger partial charge in [0.2, 0.25) is 0 Å². The van der Waals surface area contributed by atoms with Crippen LogP contribution in [0.3, 0.4) is 0 Å². The van der Waals surface area contributed by atoms with E-state index in [-0.39, 0.29) is 0 Å². The standard InChI is InChI=1S/C38H62O/c1-3-5-7-9-11-13-15-17-19-21-24-29-35-30-28-34-38(39-36-31-25-23-26-32-36)37(35)33-27-22-20-18-16-14-12-10-8-6-4-2/h23,25-26,28,30-32,34H,3-22,24,27,29,33H2,1-2H3. The van der Waals surface area contributed by atoms with Crippen LogP contribution in [0.4, 0.5) is 0 Å². The monoisotopic (exact) mass is 534 g/mol. The molecule has 0 N–H and O–H groups in total. The molecule has 0 bridgehead atoms. The third-order valence-electron chi connectivity index (χ3n) is 8.28. The van der Waals surface area contributed by atoms with Gasteiger partial charge in [0.05, 0.1) is 0 Å². The number of hydrogen-bond acceptors (Lipinski definition) is 1. The minimum absolute atomic E-state index is 0.949. The van der Waals surface area contributed by atoms with Crippen molar-refractivity contribution in [1.82, 2.24) is 0 Å². The number of hydrogen-bond donors (Lipinski definition) is 0. The van der Waals surface area contributed by atoms with Crippen LogP contribution in [0.15, 0.2) is 48.5 Å². The zero-order chi connectivity index (χ0) is 27.6. The molecule has 0 amide bonds. The van der Waals surface area contributed by atoms with Gasteiger partial charge in [0.15, 0.2) is 0 Å². The van der Waals surface area contributed by atoms with Crippen molar-refractivity contribution in [2.45, 2.75) is 168 Å². The van der Waals surface area contributed by atoms with Gasteiger partial charge >= 0.3 is 0 Å². The Labute approximate surface area is 243 Å². The Morgan fingerprint density at radius 2 is 0.846 bits per heavy atom. The molecule has 0 saturated heterocycles. The smallest absolute Gasteiger partial charge is 0.130 e. The largest absolute Gasteiger partial charge is 0.457 e. The number of para-hydroxylation sites is 1. The maximum Gasteiger partial charge on any atom is 0.130 e. The zero-order valence-electron chi connectivity index (χ0n) is 26.0. The third-order valence-corrected chi connectivity index (χ3v) is 8.28. The van der Waals surface area contributed by atoms with E-state index in [0.717, 1.165) is 17.9 Å². The second-order valence-electron chi connectivity index (χ2n) is 11.9. The molecular formula is C38H62O. The van der Waals surface area contributed by atoms with E-state index in [1.165, 1.54) is 159 Å². The van der Waals surface area contributed by atoms with Gasteiger partial charge in [-0.15, -0.1) is 0 Å². The predicted molar refractivity (Wildman–Crippen MR) is 173 cm³/mol. The summed E-state index contributed by atoms with van der Waals surface area (Å²) in [5, 5.41) is 0. The molecule has 0 aliphatic rings. The van der Waals surface area contributed by atoms with E-state index < -0.39 is 0 Å². The number of unbranched alkanes of at least 4 members (excludes halogenated alkanes) is 20. The molecule has 39 heavy (non-hydrogen) atoms. The minimum Gasteiger partial charge on any atom is -0.457 e. The van der Waals surface area contributed by atoms with Crippen molar-refractivity contribution in [2.24, 2.45) is 0 Å². The average Bonchev–Trinajstić information content (AvgIpc) is 2.96. The Bertz CT molecular complexity index is 796. The number of benzene rings is 2. The molecule has 0 radical (unpaired) electrons. The third kappa shape index (κ3) is 16.8. The van der Waals surface area contributed by atoms with Crippen molar-refractivity contribution < 1.29 is 4.74 Å². The first-order chi connectivity index (χ1) is 19.3. The van der Waals surface area contributed by atoms with E-state index >= 15 is 0 Å². The van der Waals surface area contributed by atoms with Gasteiger partial charge in [-0.25, -0.2) is 0 Å². The van der Waals surface area contributed by atoms with Crippen LogP contribution in [0.5, 0.6) is 11.5 Å². The highest BCUT2D eigenvalue weighted by atomic mass is 16.5. The fourth-order valence-corrected chi connectivity index (χ4v) is 5.79. The lowest BCUT2D eigenvalue weighted by Gasteiger charge is -2.16. The van der Waals surface area contributed by atoms with Gasteiger partial charge in [0.1, 0.15) is 11.5 Å². The topological polar surface area (TPSA) is 9.23 Å². The van der Waals surface area contributed by atoms with Crippen LogP contribution in [-0.4, -0.2) is 0 Å². The molecule has 0 fully saturated rings. The summed E-state index contributed by atoms with van der Waals surface area (Å²) in [7, 11) is 0. The van der Waals surface area contributed by atoms with Crippen LogP contribution in [0, 0.1) is 0 Å². The molecule has 0 saturated carbocycles. The average molecular weight is 535 g/mol. The molecule has 0 atom stereocenters. The molecule has 0 unspecified atom stereocenters. The molecule has 220 valence electrons. The summed E-state index contributed by atoms with van der Waals surface area (Å²) < 4.78 is 6.41. The molecule has 0 aromatic heterocycles. The molecular weight excluding hydrogens is 472 g/mol. The molecule has 1 nitrogen and oxygen atoms in total. The first-order valence-corrected chi connectivity index (χ1v) is 17.2. The van der Waals surface area contributed by atoms with Crippen molar-refractivity contribution >= 4 is 0 Å². The Kier molecular flexibility index (Phi) is 20.6. The Morgan fingerprint density at radius 1 is 0.410 bits per heavy atom. The van der Waals surface area contributed by atoms with Crippen molar-refractivity contribution in [3.8, 4) is 11.5 Å². The Balaban J connectivity index is 1.73. The van der Waals surface area contributed by atoms with Crippen LogP contribution in [0.2, 0.25) is 0 Å². The maximum absolute atomic E-state index is 6.41. The first-order valence-electron chi connectivity index (χ1n) is 17.2. The fourth-order valence-electron chi connectivity index (χ4n) is 5.79. The lowest BCUT2D eigenvalue weighted by molar-refractivity contribution is 0.472. The first kappa shape index (κ1) is 33.4. The van der Waals surface area contributed by atoms with Gasteiger partial charge in [-0.05, 0) is 55.0 Å². The molecule has 2 rings (SSSR count). The molecule has 0 aliphatic carbocycles. The summed E-state index contributed by atoms with van der Waals surface area (Å²) >= 11 is 0. The summed E-state index contributed by atoms with van der Waals surface area (Å²) in [4.78, 5) is 0. The summed E-state index contributed by atoms with van der Waals surface area (Å²) in [5.74, 6) is 2.03. The highest BCUT2D eigenvalue weighted by Crippen LogP contribution is 2.30. The SMILES string of the molecule is CCCCCCCCCCCCCc1cccc(Oc2ccccc2)c1CCCCCCCCCCCCC. The van der Waals surface area contributed by atoms with E-state index in [2.05, 4.69) is 62.4 Å². The normalized spacial score (nSPS) is 11.2. The van der Waals surface area contributed by atoms with Crippen LogP contribution in [-0.2, 0) is 12.8 Å². The van der Waals surface area contributed by atoms with Gasteiger partial charge in [-0.3, -0.25) is 0 Å². The van der Waals surface area contributed by atoms with Crippen molar-refractivity contribution in [2.75, 3.05) is 0 Å². The van der Waals surface area contributed by atoms with Crippen LogP contribution in [0.1, 0.15) is 166 Å². The highest BCUT2D eigenvalue weighted by molar-refractivity contribution is 5.43. The molecule has 0 spiro atoms. The van der Waals surface area contributed by atoms with Gasteiger partial charge in [-0.2, -0.15) is 0 Å². The summed E-state index contributed by atoms with van der Waals surface area (Å²) in [6.45, 7) is 4.60. The number of rotatable bonds is 26. The highest BCUT2D eigenvalue weighted by Gasteiger charge is 2.11. The van der Waals surface area contributed by atoms with Crippen LogP contribution >= 0.6 is 0 Å². The van der Waals surface area contributed by atoms with Crippen LogP contribution < -0.4 is 4.74 Å². The van der Waals surface area contributed by atoms with Gasteiger partial charge < -0.3 is 4.74 Å². The van der Waals surface area contributed by atoms with E-state index in [4.69, 9.17) is 4.74 Å². The predicted octanol–water partition coefficient (Wildman–Crippen LogP) is 13.2. The fraction of sp³-hybridized carbons (Fsp3) is 0.684. The molecule has 2 aromatic rings. The second kappa shape index (κ2) is 24.1. The van der Waals surface area contributed by atoms with E-state index in [1.807, 2.05) is 0 Å². The van der Waals surface area contributed by atoms with E-state index in [1.54, 1.807) is 0 Å². The van der Waals surface area contributed by atoms with Crippen molar-refractivity contribution in [3.05, 3.63) is 59.7 Å². The van der Waals surface area contributed by atoms with E-state index in [0.29, 0.717) is 0 Å². The molecule has 1 heteroatoms.